The van der Waals surface area contributed by atoms with E-state index < -0.39 is 53.5 Å². The molecule has 0 heterocycles. The Morgan fingerprint density at radius 2 is 1.69 bits per heavy atom. The normalized spacial score (nSPS) is 14.3. The maximum absolute atomic E-state index is 11.7. The minimum absolute atomic E-state index is 0.197. The van der Waals surface area contributed by atoms with Crippen molar-refractivity contribution in [1.29, 1.82) is 0 Å². The molecular weight excluding hydrogens is 356 g/mol. The van der Waals surface area contributed by atoms with E-state index in [9.17, 15) is 29.4 Å². The van der Waals surface area contributed by atoms with Crippen molar-refractivity contribution in [3.05, 3.63) is 29.8 Å². The molecule has 0 bridgehead atoms. The summed E-state index contributed by atoms with van der Waals surface area (Å²) < 4.78 is 4.38. The highest BCUT2D eigenvalue weighted by Crippen LogP contribution is 2.25. The molecule has 1 rings (SSSR count). The predicted octanol–water partition coefficient (Wildman–Crippen LogP) is -0.602. The maximum atomic E-state index is 11.7. The van der Waals surface area contributed by atoms with Crippen molar-refractivity contribution < 1.29 is 54.6 Å². The van der Waals surface area contributed by atoms with Gasteiger partial charge in [0.15, 0.2) is 11.5 Å². The quantitative estimate of drug-likeness (QED) is 0.194. The number of aliphatic carboxylic acids is 3. The minimum Gasteiger partial charge on any atom is -0.504 e. The Balaban J connectivity index is 3.01. The van der Waals surface area contributed by atoms with Gasteiger partial charge >= 0.3 is 23.9 Å². The van der Waals surface area contributed by atoms with Crippen molar-refractivity contribution >= 4 is 30.0 Å². The highest BCUT2D eigenvalue weighted by atomic mass is 16.6. The molecule has 1 aromatic carbocycles. The van der Waals surface area contributed by atoms with E-state index in [0.29, 0.717) is 6.08 Å². The van der Waals surface area contributed by atoms with Gasteiger partial charge in [-0.05, 0) is 23.8 Å². The highest BCUT2D eigenvalue weighted by molar-refractivity contribution is 5.94. The second-order valence-electron chi connectivity index (χ2n) is 5.04. The van der Waals surface area contributed by atoms with Crippen LogP contribution < -0.4 is 0 Å². The molecule has 0 amide bonds. The number of aromatic hydroxyl groups is 2. The van der Waals surface area contributed by atoms with Crippen molar-refractivity contribution in [3.8, 4) is 11.5 Å². The van der Waals surface area contributed by atoms with E-state index in [1.54, 1.807) is 0 Å². The largest absolute Gasteiger partial charge is 0.504 e. The minimum atomic E-state index is -3.39. The highest BCUT2D eigenvalue weighted by Gasteiger charge is 2.52. The summed E-state index contributed by atoms with van der Waals surface area (Å²) in [5.41, 5.74) is -3.19. The third kappa shape index (κ3) is 4.95. The Labute approximate surface area is 145 Å². The standard InChI is InChI=1S/C15H14O11/c16-8-3-1-7(5-9(8)17)2-4-11(20)26-12(13(21)22)15(25,14(23)24)6-10(18)19/h1-5,12,16-17,25H,6H2,(H,18,19)(H,21,22)(H,23,24)/b4-2+/t12-,15+/m1/s1. The van der Waals surface area contributed by atoms with E-state index in [0.717, 1.165) is 18.2 Å². The summed E-state index contributed by atoms with van der Waals surface area (Å²) in [6, 6.07) is 3.45. The summed E-state index contributed by atoms with van der Waals surface area (Å²) in [5, 5.41) is 54.9. The first-order chi connectivity index (χ1) is 12.0. The fourth-order valence-corrected chi connectivity index (χ4v) is 1.83. The van der Waals surface area contributed by atoms with Crippen LogP contribution in [0.1, 0.15) is 12.0 Å². The number of carboxylic acid groups (broad SMARTS) is 3. The summed E-state index contributed by atoms with van der Waals surface area (Å²) in [6.45, 7) is 0. The van der Waals surface area contributed by atoms with Crippen LogP contribution in [0.15, 0.2) is 24.3 Å². The van der Waals surface area contributed by atoms with Gasteiger partial charge in [0.2, 0.25) is 11.7 Å². The summed E-state index contributed by atoms with van der Waals surface area (Å²) in [6.07, 6.45) is -2.52. The van der Waals surface area contributed by atoms with Crippen LogP contribution in [-0.4, -0.2) is 66.2 Å². The van der Waals surface area contributed by atoms with Crippen LogP contribution >= 0.6 is 0 Å². The monoisotopic (exact) mass is 370 g/mol. The average Bonchev–Trinajstić information content (AvgIpc) is 2.52. The Morgan fingerprint density at radius 3 is 2.15 bits per heavy atom. The van der Waals surface area contributed by atoms with Crippen molar-refractivity contribution in [3.63, 3.8) is 0 Å². The molecule has 0 saturated carbocycles. The maximum Gasteiger partial charge on any atom is 0.348 e. The van der Waals surface area contributed by atoms with Crippen LogP contribution in [0.2, 0.25) is 0 Å². The van der Waals surface area contributed by atoms with Crippen LogP contribution in [0.4, 0.5) is 0 Å². The molecule has 2 atom stereocenters. The van der Waals surface area contributed by atoms with Gasteiger partial charge in [0.25, 0.3) is 0 Å². The van der Waals surface area contributed by atoms with E-state index in [2.05, 4.69) is 4.74 Å². The summed E-state index contributed by atoms with van der Waals surface area (Å²) >= 11 is 0. The van der Waals surface area contributed by atoms with E-state index in [1.807, 2.05) is 0 Å². The Bertz CT molecular complexity index is 767. The molecule has 0 saturated heterocycles. The lowest BCUT2D eigenvalue weighted by Crippen LogP contribution is -2.56. The van der Waals surface area contributed by atoms with Gasteiger partial charge in [-0.3, -0.25) is 4.79 Å². The molecule has 0 spiro atoms. The molecule has 6 N–H and O–H groups in total. The molecule has 0 aliphatic rings. The smallest absolute Gasteiger partial charge is 0.348 e. The lowest BCUT2D eigenvalue weighted by molar-refractivity contribution is -0.195. The second-order valence-corrected chi connectivity index (χ2v) is 5.04. The molecule has 0 aliphatic heterocycles. The van der Waals surface area contributed by atoms with Crippen LogP contribution in [-0.2, 0) is 23.9 Å². The number of carbonyl (C=O) groups excluding carboxylic acids is 1. The van der Waals surface area contributed by atoms with Crippen molar-refractivity contribution in [1.82, 2.24) is 0 Å². The Morgan fingerprint density at radius 1 is 1.08 bits per heavy atom. The molecule has 0 aliphatic carbocycles. The fraction of sp³-hybridized carbons (Fsp3) is 0.200. The van der Waals surface area contributed by atoms with Gasteiger partial charge in [-0.25, -0.2) is 14.4 Å². The van der Waals surface area contributed by atoms with Gasteiger partial charge < -0.3 is 35.4 Å². The van der Waals surface area contributed by atoms with E-state index in [4.69, 9.17) is 20.4 Å². The predicted molar refractivity (Wildman–Crippen MR) is 81.2 cm³/mol. The molecule has 140 valence electrons. The van der Waals surface area contributed by atoms with Gasteiger partial charge in [0, 0.05) is 6.08 Å². The summed E-state index contributed by atoms with van der Waals surface area (Å²) in [4.78, 5) is 44.6. The second kappa shape index (κ2) is 7.98. The first-order valence-corrected chi connectivity index (χ1v) is 6.78. The molecule has 26 heavy (non-hydrogen) atoms. The van der Waals surface area contributed by atoms with Crippen molar-refractivity contribution in [2.24, 2.45) is 0 Å². The van der Waals surface area contributed by atoms with E-state index in [-0.39, 0.29) is 5.56 Å². The Kier molecular flexibility index (Phi) is 6.28. The Hall–Kier alpha value is -3.60. The van der Waals surface area contributed by atoms with Crippen LogP contribution in [0.25, 0.3) is 6.08 Å². The fourth-order valence-electron chi connectivity index (χ4n) is 1.83. The number of carbonyl (C=O) groups is 4. The molecule has 0 aromatic heterocycles. The molecule has 11 heteroatoms. The van der Waals surface area contributed by atoms with E-state index >= 15 is 0 Å². The zero-order chi connectivity index (χ0) is 20.1. The number of ether oxygens (including phenoxy) is 1. The third-order valence-corrected chi connectivity index (χ3v) is 3.09. The third-order valence-electron chi connectivity index (χ3n) is 3.09. The topological polar surface area (TPSA) is 199 Å². The average molecular weight is 370 g/mol. The number of phenolic OH excluding ortho intramolecular Hbond substituents is 2. The number of hydrogen-bond donors (Lipinski definition) is 6. The molecular formula is C15H14O11. The number of hydrogen-bond acceptors (Lipinski definition) is 8. The van der Waals surface area contributed by atoms with E-state index in [1.165, 1.54) is 6.07 Å². The first kappa shape index (κ1) is 20.4. The molecule has 0 radical (unpaired) electrons. The first-order valence-electron chi connectivity index (χ1n) is 6.78. The van der Waals surface area contributed by atoms with Crippen molar-refractivity contribution in [2.75, 3.05) is 0 Å². The number of rotatable bonds is 8. The summed E-state index contributed by atoms with van der Waals surface area (Å²) in [7, 11) is 0. The SMILES string of the molecule is O=C(O)C[C@@](O)(C(=O)O)[C@H](OC(=O)/C=C/c1ccc(O)c(O)c1)C(=O)O. The van der Waals surface area contributed by atoms with Gasteiger partial charge in [0.05, 0.1) is 6.42 Å². The number of phenols is 2. The van der Waals surface area contributed by atoms with Gasteiger partial charge in [-0.1, -0.05) is 6.07 Å². The number of benzene rings is 1. The lowest BCUT2D eigenvalue weighted by atomic mass is 9.92. The van der Waals surface area contributed by atoms with Gasteiger partial charge in [0.1, 0.15) is 0 Å². The zero-order valence-electron chi connectivity index (χ0n) is 12.9. The van der Waals surface area contributed by atoms with Crippen LogP contribution in [0.5, 0.6) is 11.5 Å². The molecule has 11 nitrogen and oxygen atoms in total. The van der Waals surface area contributed by atoms with Crippen LogP contribution in [0, 0.1) is 0 Å². The lowest BCUT2D eigenvalue weighted by Gasteiger charge is -2.27. The zero-order valence-corrected chi connectivity index (χ0v) is 12.9. The number of esters is 1. The van der Waals surface area contributed by atoms with Crippen LogP contribution in [0.3, 0.4) is 0 Å². The molecule has 1 aromatic rings. The van der Waals surface area contributed by atoms with Gasteiger partial charge in [-0.15, -0.1) is 0 Å². The number of carboxylic acids is 3. The van der Waals surface area contributed by atoms with Gasteiger partial charge in [-0.2, -0.15) is 0 Å². The van der Waals surface area contributed by atoms with Crippen molar-refractivity contribution in [2.45, 2.75) is 18.1 Å². The molecule has 0 fully saturated rings. The summed E-state index contributed by atoms with van der Waals surface area (Å²) in [5.74, 6) is -8.41. The number of aliphatic hydroxyl groups is 1. The molecule has 0 unspecified atom stereocenters.